The third-order valence-electron chi connectivity index (χ3n) is 5.19. The number of carboxylic acids is 1. The number of likely N-dealkylation sites (tertiary alicyclic amines) is 1. The van der Waals surface area contributed by atoms with Crippen molar-refractivity contribution in [2.75, 3.05) is 26.7 Å². The van der Waals surface area contributed by atoms with Crippen molar-refractivity contribution in [3.63, 3.8) is 0 Å². The lowest BCUT2D eigenvalue weighted by Crippen LogP contribution is -2.38. The summed E-state index contributed by atoms with van der Waals surface area (Å²) in [6.07, 6.45) is 3.97. The lowest BCUT2D eigenvalue weighted by atomic mass is 9.99. The van der Waals surface area contributed by atoms with Crippen molar-refractivity contribution in [1.82, 2.24) is 9.80 Å². The predicted octanol–water partition coefficient (Wildman–Crippen LogP) is 2.79. The Kier molecular flexibility index (Phi) is 7.57. The van der Waals surface area contributed by atoms with Crippen LogP contribution in [-0.2, 0) is 16.0 Å². The average molecular weight is 364 g/mol. The Morgan fingerprint density at radius 2 is 2.12 bits per heavy atom. The van der Waals surface area contributed by atoms with E-state index in [0.29, 0.717) is 19.4 Å². The fourth-order valence-corrected chi connectivity index (χ4v) is 3.59. The van der Waals surface area contributed by atoms with Crippen LogP contribution < -0.4 is 0 Å². The maximum absolute atomic E-state index is 13.3. The Bertz CT molecular complexity index is 623. The highest BCUT2D eigenvalue weighted by Gasteiger charge is 2.26. The minimum absolute atomic E-state index is 0.0304. The predicted molar refractivity (Wildman–Crippen MR) is 98.4 cm³/mol. The summed E-state index contributed by atoms with van der Waals surface area (Å²) >= 11 is 0. The van der Waals surface area contributed by atoms with Crippen LogP contribution in [0.1, 0.15) is 38.2 Å². The van der Waals surface area contributed by atoms with Crippen molar-refractivity contribution in [1.29, 1.82) is 0 Å². The summed E-state index contributed by atoms with van der Waals surface area (Å²) in [5.74, 6) is -1.03. The lowest BCUT2D eigenvalue weighted by Gasteiger charge is -2.26. The fraction of sp³-hybridized carbons (Fsp3) is 0.600. The zero-order valence-corrected chi connectivity index (χ0v) is 15.7. The Labute approximate surface area is 154 Å². The molecule has 1 amide bonds. The fourth-order valence-electron chi connectivity index (χ4n) is 3.59. The normalized spacial score (nSPS) is 19.2. The van der Waals surface area contributed by atoms with Crippen molar-refractivity contribution in [3.05, 3.63) is 35.6 Å². The molecule has 1 fully saturated rings. The van der Waals surface area contributed by atoms with Gasteiger partial charge in [0.2, 0.25) is 5.91 Å². The summed E-state index contributed by atoms with van der Waals surface area (Å²) in [6.45, 7) is 3.35. The largest absolute Gasteiger partial charge is 0.480 e. The number of hydrogen-bond donors (Lipinski definition) is 1. The van der Waals surface area contributed by atoms with Crippen LogP contribution in [0.3, 0.4) is 0 Å². The van der Waals surface area contributed by atoms with Gasteiger partial charge in [-0.15, -0.1) is 0 Å². The molecule has 6 heteroatoms. The number of aryl methyl sites for hydroxylation is 1. The summed E-state index contributed by atoms with van der Waals surface area (Å²) in [6, 6.07) is 6.72. The number of aliphatic carboxylic acids is 1. The monoisotopic (exact) mass is 364 g/mol. The van der Waals surface area contributed by atoms with Gasteiger partial charge in [-0.25, -0.2) is 4.39 Å². The summed E-state index contributed by atoms with van der Waals surface area (Å²) in [4.78, 5) is 27.4. The third kappa shape index (κ3) is 6.09. The number of amides is 1. The minimum Gasteiger partial charge on any atom is -0.480 e. The van der Waals surface area contributed by atoms with Crippen LogP contribution in [0.5, 0.6) is 0 Å². The van der Waals surface area contributed by atoms with Crippen molar-refractivity contribution < 1.29 is 19.1 Å². The van der Waals surface area contributed by atoms with Gasteiger partial charge >= 0.3 is 5.97 Å². The van der Waals surface area contributed by atoms with Crippen LogP contribution in [0, 0.1) is 11.7 Å². The first-order valence-electron chi connectivity index (χ1n) is 9.32. The Morgan fingerprint density at radius 1 is 1.35 bits per heavy atom. The highest BCUT2D eigenvalue weighted by atomic mass is 19.1. The molecule has 1 N–H and O–H groups in total. The molecule has 1 aromatic rings. The average Bonchev–Trinajstić information content (AvgIpc) is 2.84. The van der Waals surface area contributed by atoms with Gasteiger partial charge in [0.25, 0.3) is 0 Å². The second kappa shape index (κ2) is 9.67. The van der Waals surface area contributed by atoms with E-state index in [1.165, 1.54) is 12.1 Å². The molecule has 0 aromatic heterocycles. The Hall–Kier alpha value is -1.95. The van der Waals surface area contributed by atoms with Crippen LogP contribution in [0.25, 0.3) is 0 Å². The SMILES string of the molecule is C[C@H](CCc1cccc(F)c1)C(=O)N1CCC[C@@H](N(C)CC(=O)O)CC1. The van der Waals surface area contributed by atoms with E-state index in [-0.39, 0.29) is 30.2 Å². The molecule has 2 atom stereocenters. The third-order valence-corrected chi connectivity index (χ3v) is 5.19. The molecule has 0 aliphatic carbocycles. The molecule has 1 aliphatic rings. The van der Waals surface area contributed by atoms with Crippen LogP contribution in [0.15, 0.2) is 24.3 Å². The molecular formula is C20H29FN2O3. The molecule has 1 aliphatic heterocycles. The lowest BCUT2D eigenvalue weighted by molar-refractivity contribution is -0.139. The number of benzene rings is 1. The summed E-state index contributed by atoms with van der Waals surface area (Å²) in [5.41, 5.74) is 0.913. The van der Waals surface area contributed by atoms with Gasteiger partial charge in [-0.1, -0.05) is 19.1 Å². The van der Waals surface area contributed by atoms with Crippen LogP contribution in [0.2, 0.25) is 0 Å². The van der Waals surface area contributed by atoms with E-state index < -0.39 is 5.97 Å². The van der Waals surface area contributed by atoms with Gasteiger partial charge in [-0.2, -0.15) is 0 Å². The van der Waals surface area contributed by atoms with Crippen LogP contribution in [-0.4, -0.2) is 59.5 Å². The van der Waals surface area contributed by atoms with E-state index in [0.717, 1.165) is 31.4 Å². The van der Waals surface area contributed by atoms with E-state index in [1.807, 2.05) is 29.8 Å². The topological polar surface area (TPSA) is 60.9 Å². The van der Waals surface area contributed by atoms with E-state index >= 15 is 0 Å². The minimum atomic E-state index is -0.823. The molecule has 0 bridgehead atoms. The van der Waals surface area contributed by atoms with Gasteiger partial charge in [0.05, 0.1) is 6.54 Å². The quantitative estimate of drug-likeness (QED) is 0.808. The van der Waals surface area contributed by atoms with E-state index in [2.05, 4.69) is 0 Å². The molecule has 1 heterocycles. The van der Waals surface area contributed by atoms with E-state index in [9.17, 15) is 14.0 Å². The second-order valence-electron chi connectivity index (χ2n) is 7.29. The van der Waals surface area contributed by atoms with E-state index in [1.54, 1.807) is 6.07 Å². The molecule has 0 unspecified atom stereocenters. The highest BCUT2D eigenvalue weighted by Crippen LogP contribution is 2.19. The molecule has 0 saturated carbocycles. The van der Waals surface area contributed by atoms with Crippen LogP contribution in [0.4, 0.5) is 4.39 Å². The van der Waals surface area contributed by atoms with Gasteiger partial charge in [0.15, 0.2) is 0 Å². The van der Waals surface area contributed by atoms with Gasteiger partial charge in [-0.3, -0.25) is 14.5 Å². The molecule has 1 aromatic carbocycles. The Morgan fingerprint density at radius 3 is 2.81 bits per heavy atom. The summed E-state index contributed by atoms with van der Waals surface area (Å²) in [7, 11) is 1.83. The van der Waals surface area contributed by atoms with Crippen molar-refractivity contribution in [2.45, 2.75) is 45.1 Å². The zero-order valence-electron chi connectivity index (χ0n) is 15.7. The number of carbonyl (C=O) groups excluding carboxylic acids is 1. The first-order valence-corrected chi connectivity index (χ1v) is 9.32. The molecule has 0 spiro atoms. The number of nitrogens with zero attached hydrogens (tertiary/aromatic N) is 2. The molecule has 0 radical (unpaired) electrons. The molecule has 5 nitrogen and oxygen atoms in total. The van der Waals surface area contributed by atoms with E-state index in [4.69, 9.17) is 5.11 Å². The van der Waals surface area contributed by atoms with Gasteiger partial charge in [0.1, 0.15) is 5.82 Å². The second-order valence-corrected chi connectivity index (χ2v) is 7.29. The zero-order chi connectivity index (χ0) is 19.1. The first kappa shape index (κ1) is 20.4. The Balaban J connectivity index is 1.83. The number of hydrogen-bond acceptors (Lipinski definition) is 3. The van der Waals surface area contributed by atoms with Crippen molar-refractivity contribution in [3.8, 4) is 0 Å². The summed E-state index contributed by atoms with van der Waals surface area (Å²) in [5, 5.41) is 8.94. The number of halogens is 1. The number of carboxylic acid groups (broad SMARTS) is 1. The molecule has 144 valence electrons. The maximum Gasteiger partial charge on any atom is 0.317 e. The smallest absolute Gasteiger partial charge is 0.317 e. The number of rotatable bonds is 7. The van der Waals surface area contributed by atoms with Crippen molar-refractivity contribution >= 4 is 11.9 Å². The van der Waals surface area contributed by atoms with Gasteiger partial charge in [0, 0.05) is 25.0 Å². The van der Waals surface area contributed by atoms with Gasteiger partial charge in [-0.05, 0) is 56.8 Å². The van der Waals surface area contributed by atoms with Crippen LogP contribution >= 0.6 is 0 Å². The number of carbonyl (C=O) groups is 2. The maximum atomic E-state index is 13.3. The van der Waals surface area contributed by atoms with Gasteiger partial charge < -0.3 is 10.0 Å². The number of likely N-dealkylation sites (N-methyl/N-ethyl adjacent to an activating group) is 1. The summed E-state index contributed by atoms with van der Waals surface area (Å²) < 4.78 is 13.3. The molecule has 1 saturated heterocycles. The molecule has 2 rings (SSSR count). The molecule has 26 heavy (non-hydrogen) atoms. The molecular weight excluding hydrogens is 335 g/mol. The standard InChI is InChI=1S/C20H29FN2O3/c1-15(8-9-16-5-3-6-17(21)13-16)20(26)23-11-4-7-18(10-12-23)22(2)14-19(24)25/h3,5-6,13,15,18H,4,7-12,14H2,1-2H3,(H,24,25)/t15-,18-/m1/s1. The first-order chi connectivity index (χ1) is 12.4. The van der Waals surface area contributed by atoms with Crippen molar-refractivity contribution in [2.24, 2.45) is 5.92 Å². The highest BCUT2D eigenvalue weighted by molar-refractivity contribution is 5.78.